The number of methoxy groups -OCH3 is 1. The third-order valence-corrected chi connectivity index (χ3v) is 2.59. The van der Waals surface area contributed by atoms with E-state index in [2.05, 4.69) is 4.74 Å². The van der Waals surface area contributed by atoms with Gasteiger partial charge in [0.2, 0.25) is 0 Å². The average Bonchev–Trinajstić information content (AvgIpc) is 2.13. The van der Waals surface area contributed by atoms with Crippen LogP contribution in [0.25, 0.3) is 0 Å². The monoisotopic (exact) mass is 236 g/mol. The lowest BCUT2D eigenvalue weighted by molar-refractivity contribution is -0.142. The maximum absolute atomic E-state index is 11.2. The Morgan fingerprint density at radius 2 is 1.93 bits per heavy atom. The normalized spacial score (nSPS) is 14.7. The zero-order valence-electron chi connectivity index (χ0n) is 9.20. The summed E-state index contributed by atoms with van der Waals surface area (Å²) in [6.07, 6.45) is 0.483. The second-order valence-electron chi connectivity index (χ2n) is 3.91. The van der Waals surface area contributed by atoms with Crippen LogP contribution in [0.1, 0.15) is 26.7 Å². The van der Waals surface area contributed by atoms with Gasteiger partial charge in [0.25, 0.3) is 0 Å². The summed E-state index contributed by atoms with van der Waals surface area (Å²) >= 11 is 5.85. The second kappa shape index (κ2) is 6.67. The van der Waals surface area contributed by atoms with Gasteiger partial charge in [0, 0.05) is 0 Å². The van der Waals surface area contributed by atoms with Gasteiger partial charge in [-0.1, -0.05) is 13.8 Å². The molecule has 0 bridgehead atoms. The highest BCUT2D eigenvalue weighted by atomic mass is 35.5. The van der Waals surface area contributed by atoms with E-state index in [1.54, 1.807) is 0 Å². The Morgan fingerprint density at radius 3 is 2.27 bits per heavy atom. The number of esters is 1. The molecule has 0 spiro atoms. The van der Waals surface area contributed by atoms with Gasteiger partial charge in [-0.05, 0) is 18.3 Å². The molecule has 88 valence electrons. The third-order valence-electron chi connectivity index (χ3n) is 2.05. The van der Waals surface area contributed by atoms with Crippen LogP contribution >= 0.6 is 11.6 Å². The number of carbonyl (C=O) groups is 2. The number of alkyl halides is 1. The van der Waals surface area contributed by atoms with Crippen LogP contribution in [0, 0.1) is 11.8 Å². The van der Waals surface area contributed by atoms with E-state index in [0.29, 0.717) is 12.3 Å². The zero-order valence-corrected chi connectivity index (χ0v) is 9.95. The Kier molecular flexibility index (Phi) is 6.32. The van der Waals surface area contributed by atoms with Crippen LogP contribution in [0.15, 0.2) is 0 Å². The van der Waals surface area contributed by atoms with Crippen LogP contribution < -0.4 is 0 Å². The quantitative estimate of drug-likeness (QED) is 0.565. The van der Waals surface area contributed by atoms with Gasteiger partial charge in [0.05, 0.1) is 13.5 Å². The number of hydrogen-bond donors (Lipinski definition) is 1. The summed E-state index contributed by atoms with van der Waals surface area (Å²) in [5, 5.41) is 7.81. The molecule has 15 heavy (non-hydrogen) atoms. The van der Waals surface area contributed by atoms with Crippen LogP contribution in [0.3, 0.4) is 0 Å². The minimum Gasteiger partial charge on any atom is -0.481 e. The number of aliphatic carboxylic acids is 1. The number of carboxylic acid groups (broad SMARTS) is 1. The summed E-state index contributed by atoms with van der Waals surface area (Å²) in [6.45, 7) is 3.91. The summed E-state index contributed by atoms with van der Waals surface area (Å²) in [5.41, 5.74) is 0. The van der Waals surface area contributed by atoms with Crippen LogP contribution in [-0.4, -0.2) is 29.5 Å². The molecule has 0 fully saturated rings. The Hall–Kier alpha value is -0.770. The van der Waals surface area contributed by atoms with Crippen molar-refractivity contribution in [1.29, 1.82) is 0 Å². The number of carbonyl (C=O) groups excluding carboxylic acids is 1. The molecule has 0 aromatic carbocycles. The lowest BCUT2D eigenvalue weighted by Crippen LogP contribution is -2.28. The third kappa shape index (κ3) is 5.62. The Morgan fingerprint density at radius 1 is 1.40 bits per heavy atom. The van der Waals surface area contributed by atoms with Crippen molar-refractivity contribution in [3.8, 4) is 0 Å². The van der Waals surface area contributed by atoms with Gasteiger partial charge in [-0.15, -0.1) is 11.6 Å². The molecule has 0 amide bonds. The first kappa shape index (κ1) is 14.2. The first-order chi connectivity index (χ1) is 6.88. The summed E-state index contributed by atoms with van der Waals surface area (Å²) < 4.78 is 4.49. The molecule has 0 radical (unpaired) electrons. The number of carboxylic acids is 1. The van der Waals surface area contributed by atoms with Gasteiger partial charge in [-0.3, -0.25) is 9.59 Å². The zero-order chi connectivity index (χ0) is 12.0. The minimum atomic E-state index is -0.949. The highest BCUT2D eigenvalue weighted by Crippen LogP contribution is 2.24. The topological polar surface area (TPSA) is 63.6 Å². The number of halogens is 1. The first-order valence-electron chi connectivity index (χ1n) is 4.82. The fraction of sp³-hybridized carbons (Fsp3) is 0.800. The summed E-state index contributed by atoms with van der Waals surface area (Å²) in [6, 6.07) is 0. The van der Waals surface area contributed by atoms with Gasteiger partial charge in [-0.2, -0.15) is 0 Å². The van der Waals surface area contributed by atoms with E-state index >= 15 is 0 Å². The minimum absolute atomic E-state index is 0.110. The summed E-state index contributed by atoms with van der Waals surface area (Å²) in [4.78, 5) is 21.8. The molecule has 0 saturated carbocycles. The molecule has 0 rings (SSSR count). The van der Waals surface area contributed by atoms with Crippen LogP contribution in [0.2, 0.25) is 0 Å². The van der Waals surface area contributed by atoms with E-state index in [-0.39, 0.29) is 12.3 Å². The van der Waals surface area contributed by atoms with E-state index in [0.717, 1.165) is 0 Å². The molecular formula is C10H17ClO4. The van der Waals surface area contributed by atoms with Crippen molar-refractivity contribution in [3.05, 3.63) is 0 Å². The molecule has 1 N–H and O–H groups in total. The number of rotatable bonds is 6. The molecule has 0 aliphatic carbocycles. The molecule has 1 unspecified atom stereocenters. The Bertz CT molecular complexity index is 227. The fourth-order valence-electron chi connectivity index (χ4n) is 1.44. The average molecular weight is 237 g/mol. The van der Waals surface area contributed by atoms with E-state index in [1.165, 1.54) is 7.11 Å². The number of ether oxygens (including phenoxy) is 1. The molecule has 0 aliphatic heterocycles. The Labute approximate surface area is 94.6 Å². The molecule has 2 atom stereocenters. The molecule has 0 aromatic heterocycles. The highest BCUT2D eigenvalue weighted by Gasteiger charge is 2.29. The van der Waals surface area contributed by atoms with Crippen LogP contribution in [0.5, 0.6) is 0 Å². The second-order valence-corrected chi connectivity index (χ2v) is 4.38. The van der Waals surface area contributed by atoms with Gasteiger partial charge >= 0.3 is 11.9 Å². The van der Waals surface area contributed by atoms with Gasteiger partial charge in [0.15, 0.2) is 0 Å². The molecule has 0 aliphatic rings. The standard InChI is InChI=1S/C10H17ClO4/c1-6(2)4-7(5-8(12)13)9(11)10(14)15-3/h6-7,9H,4-5H2,1-3H3,(H,12,13)/t7-,9?/m0/s1. The molecule has 4 nitrogen and oxygen atoms in total. The number of hydrogen-bond acceptors (Lipinski definition) is 3. The molecule has 0 heterocycles. The van der Waals surface area contributed by atoms with Gasteiger partial charge in [0.1, 0.15) is 5.38 Å². The van der Waals surface area contributed by atoms with E-state index in [1.807, 2.05) is 13.8 Å². The predicted octanol–water partition coefficient (Wildman–Crippen LogP) is 1.90. The van der Waals surface area contributed by atoms with Crippen molar-refractivity contribution < 1.29 is 19.4 Å². The summed E-state index contributed by atoms with van der Waals surface area (Å²) in [5.74, 6) is -1.60. The largest absolute Gasteiger partial charge is 0.481 e. The fourth-order valence-corrected chi connectivity index (χ4v) is 1.72. The molecular weight excluding hydrogens is 220 g/mol. The maximum Gasteiger partial charge on any atom is 0.324 e. The first-order valence-corrected chi connectivity index (χ1v) is 5.25. The summed E-state index contributed by atoms with van der Waals surface area (Å²) in [7, 11) is 1.24. The van der Waals surface area contributed by atoms with E-state index < -0.39 is 17.3 Å². The van der Waals surface area contributed by atoms with Crippen LogP contribution in [0.4, 0.5) is 0 Å². The molecule has 0 saturated heterocycles. The smallest absolute Gasteiger partial charge is 0.324 e. The maximum atomic E-state index is 11.2. The van der Waals surface area contributed by atoms with Crippen molar-refractivity contribution >= 4 is 23.5 Å². The van der Waals surface area contributed by atoms with E-state index in [9.17, 15) is 9.59 Å². The van der Waals surface area contributed by atoms with Gasteiger partial charge in [-0.25, -0.2) is 0 Å². The molecule has 5 heteroatoms. The van der Waals surface area contributed by atoms with Crippen molar-refractivity contribution in [2.75, 3.05) is 7.11 Å². The Balaban J connectivity index is 4.46. The highest BCUT2D eigenvalue weighted by molar-refractivity contribution is 6.30. The SMILES string of the molecule is COC(=O)C(Cl)[C@H](CC(=O)O)CC(C)C. The van der Waals surface area contributed by atoms with Crippen molar-refractivity contribution in [1.82, 2.24) is 0 Å². The predicted molar refractivity (Wildman–Crippen MR) is 56.9 cm³/mol. The van der Waals surface area contributed by atoms with Crippen molar-refractivity contribution in [2.45, 2.75) is 32.1 Å². The van der Waals surface area contributed by atoms with Crippen molar-refractivity contribution in [2.24, 2.45) is 11.8 Å². The lowest BCUT2D eigenvalue weighted by atomic mass is 9.91. The van der Waals surface area contributed by atoms with Crippen LogP contribution in [-0.2, 0) is 14.3 Å². The van der Waals surface area contributed by atoms with Gasteiger partial charge < -0.3 is 9.84 Å². The van der Waals surface area contributed by atoms with Crippen molar-refractivity contribution in [3.63, 3.8) is 0 Å². The molecule has 0 aromatic rings. The van der Waals surface area contributed by atoms with E-state index in [4.69, 9.17) is 16.7 Å². The lowest BCUT2D eigenvalue weighted by Gasteiger charge is -2.20.